The normalized spacial score (nSPS) is 17.8. The van der Waals surface area contributed by atoms with Crippen LogP contribution in [0.1, 0.15) is 88.8 Å². The number of hydrogen-bond donors (Lipinski definition) is 2. The average molecular weight is 602 g/mol. The van der Waals surface area contributed by atoms with Gasteiger partial charge in [0.25, 0.3) is 0 Å². The predicted molar refractivity (Wildman–Crippen MR) is 166 cm³/mol. The first-order valence-electron chi connectivity index (χ1n) is 15.4. The number of nitrogens with zero attached hydrogens (tertiary/aromatic N) is 3. The van der Waals surface area contributed by atoms with Gasteiger partial charge < -0.3 is 30.3 Å². The molecule has 4 rings (SSSR count). The Morgan fingerprint density at radius 1 is 1.17 bits per heavy atom. The van der Waals surface area contributed by atoms with Crippen LogP contribution in [-0.4, -0.2) is 78.2 Å². The topological polar surface area (TPSA) is 127 Å². The highest BCUT2D eigenvalue weighted by Crippen LogP contribution is 2.37. The highest BCUT2D eigenvalue weighted by atomic mass is 32.1. The van der Waals surface area contributed by atoms with Gasteiger partial charge in [-0.05, 0) is 90.2 Å². The first-order valence-corrected chi connectivity index (χ1v) is 16.2. The zero-order chi connectivity index (χ0) is 30.3. The summed E-state index contributed by atoms with van der Waals surface area (Å²) in [5.41, 5.74) is 7.24. The zero-order valence-electron chi connectivity index (χ0n) is 25.6. The molecule has 0 bridgehead atoms. The third-order valence-electron chi connectivity index (χ3n) is 7.74. The van der Waals surface area contributed by atoms with Crippen molar-refractivity contribution in [2.45, 2.75) is 97.2 Å². The van der Waals surface area contributed by atoms with E-state index in [2.05, 4.69) is 16.4 Å². The quantitative estimate of drug-likeness (QED) is 0.335. The molecule has 42 heavy (non-hydrogen) atoms. The third kappa shape index (κ3) is 9.21. The minimum absolute atomic E-state index is 0.0376. The number of carbonyl (C=O) groups excluding carboxylic acids is 3. The molecule has 3 N–H and O–H groups in total. The fourth-order valence-corrected chi connectivity index (χ4v) is 6.52. The van der Waals surface area contributed by atoms with Crippen LogP contribution in [0.2, 0.25) is 0 Å². The smallest absolute Gasteiger partial charge is 0.410 e. The van der Waals surface area contributed by atoms with Crippen LogP contribution in [0.15, 0.2) is 16.6 Å². The SMILES string of the molecule is CCCN(CCCNC(=O)OC1CCC1)C(=O)C1=Cc2sc(CC3CCN(C(=O)OC(C)(C)C)CC3)cc2N=C(N)C1. The summed E-state index contributed by atoms with van der Waals surface area (Å²) in [6.07, 6.45) is 8.93. The second kappa shape index (κ2) is 14.4. The van der Waals surface area contributed by atoms with E-state index >= 15 is 0 Å². The Morgan fingerprint density at radius 3 is 2.55 bits per heavy atom. The molecule has 1 aromatic rings. The lowest BCUT2D eigenvalue weighted by Crippen LogP contribution is -2.42. The highest BCUT2D eigenvalue weighted by Gasteiger charge is 2.28. The molecule has 1 saturated heterocycles. The summed E-state index contributed by atoms with van der Waals surface area (Å²) in [6.45, 7) is 10.7. The molecule has 3 amide bonds. The minimum Gasteiger partial charge on any atom is -0.446 e. The maximum atomic E-state index is 13.6. The summed E-state index contributed by atoms with van der Waals surface area (Å²) in [6, 6.07) is 2.09. The summed E-state index contributed by atoms with van der Waals surface area (Å²) >= 11 is 1.67. The van der Waals surface area contributed by atoms with E-state index in [4.69, 9.17) is 15.2 Å². The van der Waals surface area contributed by atoms with Gasteiger partial charge in [0.1, 0.15) is 17.5 Å². The lowest BCUT2D eigenvalue weighted by Gasteiger charge is -2.33. The Bertz CT molecular complexity index is 1170. The average Bonchev–Trinajstić information content (AvgIpc) is 3.18. The van der Waals surface area contributed by atoms with E-state index in [9.17, 15) is 14.4 Å². The van der Waals surface area contributed by atoms with Gasteiger partial charge in [-0.25, -0.2) is 14.6 Å². The van der Waals surface area contributed by atoms with Crippen LogP contribution >= 0.6 is 11.3 Å². The molecule has 1 saturated carbocycles. The zero-order valence-corrected chi connectivity index (χ0v) is 26.4. The molecular weight excluding hydrogens is 554 g/mol. The van der Waals surface area contributed by atoms with Crippen molar-refractivity contribution in [2.24, 2.45) is 16.6 Å². The van der Waals surface area contributed by atoms with Gasteiger partial charge in [0.15, 0.2) is 0 Å². The monoisotopic (exact) mass is 601 g/mol. The molecule has 3 aliphatic rings. The highest BCUT2D eigenvalue weighted by molar-refractivity contribution is 7.13. The van der Waals surface area contributed by atoms with Gasteiger partial charge in [0, 0.05) is 49.6 Å². The lowest BCUT2D eigenvalue weighted by molar-refractivity contribution is -0.127. The number of aliphatic imine (C=N–C) groups is 1. The molecule has 1 aliphatic carbocycles. The lowest BCUT2D eigenvalue weighted by atomic mass is 9.93. The Kier molecular flexibility index (Phi) is 10.9. The van der Waals surface area contributed by atoms with Crippen LogP contribution in [0, 0.1) is 5.92 Å². The largest absolute Gasteiger partial charge is 0.446 e. The van der Waals surface area contributed by atoms with Crippen molar-refractivity contribution in [2.75, 3.05) is 32.7 Å². The van der Waals surface area contributed by atoms with E-state index in [1.165, 1.54) is 4.88 Å². The standard InChI is InChI=1S/C31H47N5O5S/c1-5-13-35(14-7-12-33-29(38)40-23-8-6-9-23)28(37)22-18-26-25(34-27(32)19-22)20-24(42-26)17-21-10-15-36(16-11-21)30(39)41-31(2,3)4/h18,20-21,23H,5-17,19H2,1-4H3,(H2,32,34)(H,33,38). The second-order valence-electron chi connectivity index (χ2n) is 12.6. The van der Waals surface area contributed by atoms with Gasteiger partial charge in [-0.3, -0.25) is 4.79 Å². The van der Waals surface area contributed by atoms with Crippen LogP contribution in [0.25, 0.3) is 6.08 Å². The van der Waals surface area contributed by atoms with Crippen molar-refractivity contribution in [1.82, 2.24) is 15.1 Å². The number of nitrogens with two attached hydrogens (primary N) is 1. The first-order chi connectivity index (χ1) is 20.0. The van der Waals surface area contributed by atoms with E-state index in [0.717, 1.165) is 55.5 Å². The molecule has 2 aliphatic heterocycles. The number of ether oxygens (including phenoxy) is 2. The fraction of sp³-hybridized carbons (Fsp3) is 0.677. The fourth-order valence-electron chi connectivity index (χ4n) is 5.33. The summed E-state index contributed by atoms with van der Waals surface area (Å²) in [4.78, 5) is 48.4. The Hall–Kier alpha value is -3.08. The number of fused-ring (bicyclic) bond motifs is 1. The van der Waals surface area contributed by atoms with E-state index in [1.807, 2.05) is 38.7 Å². The van der Waals surface area contributed by atoms with Crippen LogP contribution in [0.3, 0.4) is 0 Å². The molecule has 0 atom stereocenters. The van der Waals surface area contributed by atoms with Gasteiger partial charge in [-0.2, -0.15) is 0 Å². The Balaban J connectivity index is 1.32. The number of hydrogen-bond acceptors (Lipinski definition) is 8. The Labute approximate surface area is 253 Å². The molecule has 232 valence electrons. The van der Waals surface area contributed by atoms with Gasteiger partial charge in [0.05, 0.1) is 10.6 Å². The molecule has 0 radical (unpaired) electrons. The van der Waals surface area contributed by atoms with E-state index in [1.54, 1.807) is 16.2 Å². The number of amides is 3. The summed E-state index contributed by atoms with van der Waals surface area (Å²) in [5, 5.41) is 2.80. The summed E-state index contributed by atoms with van der Waals surface area (Å²) in [5.74, 6) is 0.863. The van der Waals surface area contributed by atoms with Crippen LogP contribution in [0.5, 0.6) is 0 Å². The van der Waals surface area contributed by atoms with E-state index in [0.29, 0.717) is 62.9 Å². The molecule has 1 aromatic heterocycles. The molecule has 0 aromatic carbocycles. The second-order valence-corrected chi connectivity index (χ2v) is 13.7. The van der Waals surface area contributed by atoms with Crippen molar-refractivity contribution < 1.29 is 23.9 Å². The van der Waals surface area contributed by atoms with Gasteiger partial charge in [0.2, 0.25) is 5.91 Å². The van der Waals surface area contributed by atoms with Crippen LogP contribution in [-0.2, 0) is 20.7 Å². The molecule has 11 heteroatoms. The molecule has 10 nitrogen and oxygen atoms in total. The van der Waals surface area contributed by atoms with Crippen molar-refractivity contribution in [3.63, 3.8) is 0 Å². The molecule has 0 spiro atoms. The van der Waals surface area contributed by atoms with Crippen molar-refractivity contribution in [3.8, 4) is 0 Å². The van der Waals surface area contributed by atoms with Crippen molar-refractivity contribution in [3.05, 3.63) is 21.4 Å². The number of alkyl carbamates (subject to hydrolysis) is 1. The number of rotatable bonds is 10. The van der Waals surface area contributed by atoms with E-state index < -0.39 is 5.60 Å². The maximum absolute atomic E-state index is 13.6. The van der Waals surface area contributed by atoms with Gasteiger partial charge in [-0.1, -0.05) is 6.92 Å². The minimum atomic E-state index is -0.492. The molecule has 3 heterocycles. The predicted octanol–water partition coefficient (Wildman–Crippen LogP) is 5.62. The van der Waals surface area contributed by atoms with Crippen LogP contribution < -0.4 is 11.1 Å². The number of piperidine rings is 1. The first kappa shape index (κ1) is 31.8. The van der Waals surface area contributed by atoms with Crippen molar-refractivity contribution >= 4 is 47.0 Å². The Morgan fingerprint density at radius 2 is 1.90 bits per heavy atom. The number of carbonyl (C=O) groups is 3. The van der Waals surface area contributed by atoms with Crippen molar-refractivity contribution in [1.29, 1.82) is 0 Å². The third-order valence-corrected chi connectivity index (χ3v) is 8.84. The van der Waals surface area contributed by atoms with Gasteiger partial charge in [-0.15, -0.1) is 11.3 Å². The van der Waals surface area contributed by atoms with E-state index in [-0.39, 0.29) is 24.2 Å². The number of nitrogens with one attached hydrogen (secondary N) is 1. The number of thiophene rings is 1. The molecular formula is C31H47N5O5S. The van der Waals surface area contributed by atoms with Gasteiger partial charge >= 0.3 is 12.2 Å². The molecule has 0 unspecified atom stereocenters. The van der Waals surface area contributed by atoms with Crippen LogP contribution in [0.4, 0.5) is 15.3 Å². The molecule has 2 fully saturated rings. The summed E-state index contributed by atoms with van der Waals surface area (Å²) in [7, 11) is 0. The number of likely N-dealkylation sites (tertiary alicyclic amines) is 1. The maximum Gasteiger partial charge on any atom is 0.410 e. The summed E-state index contributed by atoms with van der Waals surface area (Å²) < 4.78 is 10.9. The number of amidine groups is 1.